The van der Waals surface area contributed by atoms with E-state index in [-0.39, 0.29) is 35.5 Å². The monoisotopic (exact) mass is 551 g/mol. The van der Waals surface area contributed by atoms with E-state index >= 15 is 0 Å². The summed E-state index contributed by atoms with van der Waals surface area (Å²) in [7, 11) is 3.10. The number of hydrogen-bond acceptors (Lipinski definition) is 9. The molecule has 3 aliphatic carbocycles. The van der Waals surface area contributed by atoms with Crippen LogP contribution >= 0.6 is 0 Å². The Hall–Kier alpha value is -4.06. The predicted molar refractivity (Wildman–Crippen MR) is 141 cm³/mol. The number of phenolic OH excluding ortho intramolecular Hbond substituents is 1. The van der Waals surface area contributed by atoms with Gasteiger partial charge in [0.25, 0.3) is 5.91 Å². The fraction of sp³-hybridized carbons (Fsp3) is 0.345. The molecule has 1 saturated carbocycles. The van der Waals surface area contributed by atoms with Gasteiger partial charge in [0, 0.05) is 24.6 Å². The maximum Gasteiger partial charge on any atom is 0.255 e. The molecular weight excluding hydrogens is 521 g/mol. The lowest BCUT2D eigenvalue weighted by Gasteiger charge is -2.50. The fourth-order valence-corrected chi connectivity index (χ4v) is 6.42. The van der Waals surface area contributed by atoms with Gasteiger partial charge in [0.15, 0.2) is 11.4 Å². The van der Waals surface area contributed by atoms with Crippen molar-refractivity contribution < 1.29 is 39.2 Å². The van der Waals surface area contributed by atoms with Gasteiger partial charge in [-0.25, -0.2) is 4.39 Å². The number of aliphatic hydroxyl groups excluding tert-OH is 2. The molecule has 0 aliphatic heterocycles. The average molecular weight is 552 g/mol. The number of benzene rings is 2. The molecule has 5 rings (SSSR count). The maximum absolute atomic E-state index is 13.9. The number of halogens is 1. The van der Waals surface area contributed by atoms with Crippen LogP contribution in [-0.2, 0) is 33.9 Å². The summed E-state index contributed by atoms with van der Waals surface area (Å²) >= 11 is 0. The van der Waals surface area contributed by atoms with Crippen LogP contribution < -0.4 is 11.1 Å². The van der Waals surface area contributed by atoms with Crippen molar-refractivity contribution in [1.82, 2.24) is 10.2 Å². The van der Waals surface area contributed by atoms with Crippen LogP contribution in [0, 0.1) is 17.7 Å². The molecule has 2 aromatic carbocycles. The second-order valence-corrected chi connectivity index (χ2v) is 10.8. The third-order valence-electron chi connectivity index (χ3n) is 8.26. The molecule has 1 fully saturated rings. The molecule has 10 nitrogen and oxygen atoms in total. The van der Waals surface area contributed by atoms with E-state index in [0.717, 1.165) is 11.1 Å². The number of phenols is 1. The fourth-order valence-electron chi connectivity index (χ4n) is 6.42. The highest BCUT2D eigenvalue weighted by atomic mass is 19.1. The first-order valence-electron chi connectivity index (χ1n) is 12.8. The number of nitrogens with one attached hydrogen (secondary N) is 1. The second-order valence-electron chi connectivity index (χ2n) is 10.8. The molecule has 11 heteroatoms. The van der Waals surface area contributed by atoms with Crippen molar-refractivity contribution in [1.29, 1.82) is 0 Å². The number of aromatic hydroxyl groups is 1. The molecule has 0 saturated heterocycles. The number of nitrogens with zero attached hydrogens (tertiary/aromatic N) is 1. The Labute approximate surface area is 229 Å². The third kappa shape index (κ3) is 4.09. The number of rotatable bonds is 6. The van der Waals surface area contributed by atoms with Crippen molar-refractivity contribution >= 4 is 23.2 Å². The van der Waals surface area contributed by atoms with Gasteiger partial charge in [-0.3, -0.25) is 19.3 Å². The Balaban J connectivity index is 1.56. The molecule has 1 unspecified atom stereocenters. The van der Waals surface area contributed by atoms with Crippen molar-refractivity contribution in [3.63, 3.8) is 0 Å². The van der Waals surface area contributed by atoms with Gasteiger partial charge < -0.3 is 31.5 Å². The van der Waals surface area contributed by atoms with E-state index in [1.54, 1.807) is 32.3 Å². The summed E-state index contributed by atoms with van der Waals surface area (Å²) in [5.74, 6) is -7.18. The number of likely N-dealkylation sites (N-methyl/N-ethyl adjacent to an activating group) is 1. The number of fused-ring (bicyclic) bond motifs is 3. The molecule has 3 aliphatic rings. The number of ketones is 2. The van der Waals surface area contributed by atoms with Crippen LogP contribution in [0.5, 0.6) is 5.75 Å². The lowest BCUT2D eigenvalue weighted by atomic mass is 9.57. The van der Waals surface area contributed by atoms with E-state index in [2.05, 4.69) is 5.32 Å². The van der Waals surface area contributed by atoms with Crippen LogP contribution in [-0.4, -0.2) is 68.5 Å². The SMILES string of the molecule is CN(C)C1C(=O)C(C(N)=O)=C(O)[C@@]2(O)C(=O)C3=C(O)c4c(O)ccc(CNCc5ccc(F)cc5)c4C[C@H]3C[C@@H]12. The number of aliphatic hydroxyl groups is 3. The van der Waals surface area contributed by atoms with Crippen LogP contribution in [0.1, 0.15) is 28.7 Å². The number of Topliss-reactive ketones (excluding diaryl/α,β-unsaturated/α-hetero) is 2. The zero-order valence-electron chi connectivity index (χ0n) is 21.9. The predicted octanol–water partition coefficient (Wildman–Crippen LogP) is 1.39. The Morgan fingerprint density at radius 3 is 2.40 bits per heavy atom. The number of nitrogens with two attached hydrogens (primary N) is 1. The van der Waals surface area contributed by atoms with E-state index in [9.17, 15) is 39.2 Å². The first kappa shape index (κ1) is 27.5. The summed E-state index contributed by atoms with van der Waals surface area (Å²) in [5, 5.41) is 47.8. The van der Waals surface area contributed by atoms with Gasteiger partial charge in [-0.1, -0.05) is 18.2 Å². The third-order valence-corrected chi connectivity index (χ3v) is 8.26. The summed E-state index contributed by atoms with van der Waals surface area (Å²) in [6.45, 7) is 0.765. The minimum absolute atomic E-state index is 0.0177. The van der Waals surface area contributed by atoms with Gasteiger partial charge in [-0.05, 0) is 67.7 Å². The van der Waals surface area contributed by atoms with Gasteiger partial charge in [0.1, 0.15) is 28.7 Å². The maximum atomic E-state index is 13.9. The van der Waals surface area contributed by atoms with Crippen LogP contribution in [0.25, 0.3) is 5.76 Å². The van der Waals surface area contributed by atoms with Crippen LogP contribution in [0.2, 0.25) is 0 Å². The molecule has 210 valence electrons. The van der Waals surface area contributed by atoms with E-state index in [1.807, 2.05) is 0 Å². The summed E-state index contributed by atoms with van der Waals surface area (Å²) in [6.07, 6.45) is 0.223. The lowest BCUT2D eigenvalue weighted by molar-refractivity contribution is -0.153. The molecule has 0 spiro atoms. The van der Waals surface area contributed by atoms with Crippen LogP contribution in [0.15, 0.2) is 53.3 Å². The number of carbonyl (C=O) groups excluding carboxylic acids is 3. The van der Waals surface area contributed by atoms with Gasteiger partial charge in [-0.2, -0.15) is 0 Å². The molecule has 7 N–H and O–H groups in total. The van der Waals surface area contributed by atoms with Gasteiger partial charge in [-0.15, -0.1) is 0 Å². The largest absolute Gasteiger partial charge is 0.508 e. The van der Waals surface area contributed by atoms with Crippen molar-refractivity contribution in [3.05, 3.63) is 81.4 Å². The minimum atomic E-state index is -2.67. The number of amides is 1. The van der Waals surface area contributed by atoms with Crippen molar-refractivity contribution in [3.8, 4) is 5.75 Å². The zero-order chi connectivity index (χ0) is 29.1. The summed E-state index contributed by atoms with van der Waals surface area (Å²) < 4.78 is 13.2. The summed E-state index contributed by atoms with van der Waals surface area (Å²) in [5.41, 5.74) is 3.87. The second kappa shape index (κ2) is 9.84. The van der Waals surface area contributed by atoms with Gasteiger partial charge in [0.05, 0.1) is 11.6 Å². The highest BCUT2D eigenvalue weighted by molar-refractivity contribution is 6.24. The standard InChI is InChI=1S/C29H30FN3O7/c1-33(2)23-18-10-15-9-17-14(12-32-11-13-3-6-16(30)7-4-13)5-8-19(34)21(17)24(35)20(15)26(37)29(18,40)27(38)22(25(23)36)28(31)39/h3-8,15,18,23,32,34-35,38,40H,9-12H2,1-2H3,(H2,31,39)/t15-,18-,23?,29-/m0/s1. The van der Waals surface area contributed by atoms with Crippen molar-refractivity contribution in [2.45, 2.75) is 37.6 Å². The highest BCUT2D eigenvalue weighted by Gasteiger charge is 2.64. The Morgan fingerprint density at radius 1 is 1.10 bits per heavy atom. The lowest BCUT2D eigenvalue weighted by Crippen LogP contribution is -2.65. The first-order chi connectivity index (χ1) is 18.9. The number of primary amides is 1. The molecule has 1 amide bonds. The highest BCUT2D eigenvalue weighted by Crippen LogP contribution is 2.52. The molecule has 0 radical (unpaired) electrons. The molecule has 2 aromatic rings. The molecule has 0 aromatic heterocycles. The Kier molecular flexibility index (Phi) is 6.77. The topological polar surface area (TPSA) is 173 Å². The molecule has 4 atom stereocenters. The number of hydrogen-bond donors (Lipinski definition) is 6. The zero-order valence-corrected chi connectivity index (χ0v) is 21.9. The average Bonchev–Trinajstić information content (AvgIpc) is 2.88. The van der Waals surface area contributed by atoms with Gasteiger partial charge in [0.2, 0.25) is 5.78 Å². The smallest absolute Gasteiger partial charge is 0.255 e. The van der Waals surface area contributed by atoms with E-state index in [1.165, 1.54) is 23.1 Å². The van der Waals surface area contributed by atoms with Gasteiger partial charge >= 0.3 is 0 Å². The normalized spacial score (nSPS) is 26.1. The summed E-state index contributed by atoms with van der Waals surface area (Å²) in [6, 6.07) is 7.99. The Morgan fingerprint density at radius 2 is 1.77 bits per heavy atom. The molecule has 40 heavy (non-hydrogen) atoms. The van der Waals surface area contributed by atoms with Crippen molar-refractivity contribution in [2.24, 2.45) is 17.6 Å². The van der Waals surface area contributed by atoms with E-state index in [0.29, 0.717) is 18.7 Å². The Bertz CT molecular complexity index is 1500. The van der Waals surface area contributed by atoms with E-state index < -0.39 is 58.0 Å². The minimum Gasteiger partial charge on any atom is -0.508 e. The molecule has 0 bridgehead atoms. The molecule has 0 heterocycles. The van der Waals surface area contributed by atoms with Crippen LogP contribution in [0.4, 0.5) is 4.39 Å². The quantitative estimate of drug-likeness (QED) is 0.290. The van der Waals surface area contributed by atoms with Crippen LogP contribution in [0.3, 0.4) is 0 Å². The number of carbonyl (C=O) groups is 3. The summed E-state index contributed by atoms with van der Waals surface area (Å²) in [4.78, 5) is 40.6. The molecular formula is C29H30FN3O7. The van der Waals surface area contributed by atoms with Crippen molar-refractivity contribution in [2.75, 3.05) is 14.1 Å². The first-order valence-corrected chi connectivity index (χ1v) is 12.8. The van der Waals surface area contributed by atoms with E-state index in [4.69, 9.17) is 5.73 Å².